The van der Waals surface area contributed by atoms with E-state index in [0.717, 1.165) is 23.2 Å². The first-order chi connectivity index (χ1) is 9.36. The van der Waals surface area contributed by atoms with Gasteiger partial charge in [-0.05, 0) is 11.6 Å². The molecule has 0 aliphatic rings. The Morgan fingerprint density at radius 2 is 1.63 bits per heavy atom. The number of carbonyl (C=O) groups excluding carboxylic acids is 1. The first-order valence-corrected chi connectivity index (χ1v) is 6.12. The summed E-state index contributed by atoms with van der Waals surface area (Å²) in [5, 5.41) is 0. The van der Waals surface area contributed by atoms with Crippen molar-refractivity contribution in [2.45, 2.75) is 0 Å². The Kier molecular flexibility index (Phi) is 4.70. The molecular formula is C16H16O3. The van der Waals surface area contributed by atoms with Crippen LogP contribution < -0.4 is 4.74 Å². The predicted octanol–water partition coefficient (Wildman–Crippen LogP) is 3.19. The number of carbonyl (C=O) groups is 1. The lowest BCUT2D eigenvalue weighted by Crippen LogP contribution is -2.05. The number of rotatable bonds is 6. The molecule has 0 bridgehead atoms. The summed E-state index contributed by atoms with van der Waals surface area (Å²) in [6, 6.07) is 15.2. The molecule has 0 aromatic heterocycles. The van der Waals surface area contributed by atoms with Crippen LogP contribution in [0.15, 0.2) is 48.5 Å². The Morgan fingerprint density at radius 3 is 2.37 bits per heavy atom. The van der Waals surface area contributed by atoms with Crippen LogP contribution in [0.5, 0.6) is 5.75 Å². The number of methoxy groups -OCH3 is 1. The second-order valence-corrected chi connectivity index (χ2v) is 4.04. The molecule has 0 amide bonds. The zero-order chi connectivity index (χ0) is 13.5. The number of hydrogen-bond donors (Lipinski definition) is 0. The monoisotopic (exact) mass is 256 g/mol. The lowest BCUT2D eigenvalue weighted by Gasteiger charge is -2.12. The molecule has 0 aliphatic heterocycles. The summed E-state index contributed by atoms with van der Waals surface area (Å²) in [6.07, 6.45) is 0.862. The van der Waals surface area contributed by atoms with Crippen molar-refractivity contribution in [3.05, 3.63) is 54.1 Å². The summed E-state index contributed by atoms with van der Waals surface area (Å²) in [5.41, 5.74) is 2.46. The molecule has 3 nitrogen and oxygen atoms in total. The highest BCUT2D eigenvalue weighted by Crippen LogP contribution is 2.31. The van der Waals surface area contributed by atoms with Crippen molar-refractivity contribution in [1.29, 1.82) is 0 Å². The van der Waals surface area contributed by atoms with E-state index in [0.29, 0.717) is 18.8 Å². The minimum atomic E-state index is 0.483. The summed E-state index contributed by atoms with van der Waals surface area (Å²) in [4.78, 5) is 11.1. The topological polar surface area (TPSA) is 35.5 Å². The standard InChI is InChI=1S/C16H16O3/c1-18-10-11-19-16-9-5-4-8-15(16)14-7-3-2-6-13(14)12-17/h2-9,12H,10-11H2,1H3. The Bertz CT molecular complexity index is 549. The van der Waals surface area contributed by atoms with Gasteiger partial charge in [-0.1, -0.05) is 42.5 Å². The van der Waals surface area contributed by atoms with Gasteiger partial charge < -0.3 is 9.47 Å². The van der Waals surface area contributed by atoms with Crippen molar-refractivity contribution in [1.82, 2.24) is 0 Å². The normalized spacial score (nSPS) is 10.2. The molecule has 0 fully saturated rings. The molecule has 0 unspecified atom stereocenters. The Balaban J connectivity index is 2.35. The maximum atomic E-state index is 11.1. The molecule has 0 atom stereocenters. The van der Waals surface area contributed by atoms with Crippen molar-refractivity contribution in [3.8, 4) is 16.9 Å². The van der Waals surface area contributed by atoms with E-state index in [4.69, 9.17) is 9.47 Å². The third-order valence-electron chi connectivity index (χ3n) is 2.81. The van der Waals surface area contributed by atoms with E-state index in [1.807, 2.05) is 42.5 Å². The van der Waals surface area contributed by atoms with Gasteiger partial charge >= 0.3 is 0 Å². The molecule has 2 aromatic rings. The third kappa shape index (κ3) is 3.20. The van der Waals surface area contributed by atoms with Crippen molar-refractivity contribution >= 4 is 6.29 Å². The quantitative estimate of drug-likeness (QED) is 0.588. The van der Waals surface area contributed by atoms with Crippen LogP contribution in [0.25, 0.3) is 11.1 Å². The molecule has 2 rings (SSSR count). The molecule has 98 valence electrons. The van der Waals surface area contributed by atoms with Crippen molar-refractivity contribution < 1.29 is 14.3 Å². The molecule has 19 heavy (non-hydrogen) atoms. The van der Waals surface area contributed by atoms with E-state index < -0.39 is 0 Å². The maximum Gasteiger partial charge on any atom is 0.150 e. The zero-order valence-corrected chi connectivity index (χ0v) is 10.8. The van der Waals surface area contributed by atoms with Crippen molar-refractivity contribution in [3.63, 3.8) is 0 Å². The second kappa shape index (κ2) is 6.71. The number of benzene rings is 2. The fourth-order valence-corrected chi connectivity index (χ4v) is 1.90. The molecule has 0 saturated carbocycles. The number of para-hydroxylation sites is 1. The van der Waals surface area contributed by atoms with E-state index >= 15 is 0 Å². The van der Waals surface area contributed by atoms with Crippen LogP contribution in [-0.4, -0.2) is 26.6 Å². The maximum absolute atomic E-state index is 11.1. The van der Waals surface area contributed by atoms with Gasteiger partial charge in [-0.25, -0.2) is 0 Å². The molecule has 0 saturated heterocycles. The van der Waals surface area contributed by atoms with Crippen LogP contribution in [0, 0.1) is 0 Å². The molecular weight excluding hydrogens is 240 g/mol. The van der Waals surface area contributed by atoms with E-state index in [9.17, 15) is 4.79 Å². The van der Waals surface area contributed by atoms with E-state index in [-0.39, 0.29) is 0 Å². The Morgan fingerprint density at radius 1 is 0.947 bits per heavy atom. The number of aldehydes is 1. The van der Waals surface area contributed by atoms with Crippen LogP contribution in [0.4, 0.5) is 0 Å². The smallest absolute Gasteiger partial charge is 0.150 e. The second-order valence-electron chi connectivity index (χ2n) is 4.04. The highest BCUT2D eigenvalue weighted by Gasteiger charge is 2.09. The molecule has 0 spiro atoms. The lowest BCUT2D eigenvalue weighted by atomic mass is 10.00. The SMILES string of the molecule is COCCOc1ccccc1-c1ccccc1C=O. The summed E-state index contributed by atoms with van der Waals surface area (Å²) in [6.45, 7) is 1.01. The molecule has 0 radical (unpaired) electrons. The zero-order valence-electron chi connectivity index (χ0n) is 10.8. The molecule has 2 aromatic carbocycles. The summed E-state index contributed by atoms with van der Waals surface area (Å²) >= 11 is 0. The highest BCUT2D eigenvalue weighted by atomic mass is 16.5. The van der Waals surface area contributed by atoms with E-state index in [1.165, 1.54) is 0 Å². The van der Waals surface area contributed by atoms with Gasteiger partial charge in [0.15, 0.2) is 6.29 Å². The van der Waals surface area contributed by atoms with Gasteiger partial charge in [-0.15, -0.1) is 0 Å². The van der Waals surface area contributed by atoms with Crippen LogP contribution in [0.1, 0.15) is 10.4 Å². The first-order valence-electron chi connectivity index (χ1n) is 6.12. The average Bonchev–Trinajstić information content (AvgIpc) is 2.48. The van der Waals surface area contributed by atoms with Crippen LogP contribution in [0.3, 0.4) is 0 Å². The van der Waals surface area contributed by atoms with Crippen LogP contribution in [0.2, 0.25) is 0 Å². The van der Waals surface area contributed by atoms with E-state index in [1.54, 1.807) is 13.2 Å². The minimum Gasteiger partial charge on any atom is -0.491 e. The fraction of sp³-hybridized carbons (Fsp3) is 0.188. The van der Waals surface area contributed by atoms with Gasteiger partial charge in [0.25, 0.3) is 0 Å². The largest absolute Gasteiger partial charge is 0.491 e. The first kappa shape index (κ1) is 13.3. The highest BCUT2D eigenvalue weighted by molar-refractivity contribution is 5.89. The predicted molar refractivity (Wildman–Crippen MR) is 74.6 cm³/mol. The summed E-state index contributed by atoms with van der Waals surface area (Å²) in [5.74, 6) is 0.758. The molecule has 0 N–H and O–H groups in total. The average molecular weight is 256 g/mol. The number of ether oxygens (including phenoxy) is 2. The van der Waals surface area contributed by atoms with Gasteiger partial charge in [0.1, 0.15) is 12.4 Å². The minimum absolute atomic E-state index is 0.483. The van der Waals surface area contributed by atoms with Gasteiger partial charge in [0.05, 0.1) is 6.61 Å². The molecule has 0 heterocycles. The molecule has 0 aliphatic carbocycles. The van der Waals surface area contributed by atoms with Gasteiger partial charge in [0.2, 0.25) is 0 Å². The fourth-order valence-electron chi connectivity index (χ4n) is 1.90. The lowest BCUT2D eigenvalue weighted by molar-refractivity contribution is 0.112. The van der Waals surface area contributed by atoms with Crippen LogP contribution in [-0.2, 0) is 4.74 Å². The van der Waals surface area contributed by atoms with Gasteiger partial charge in [-0.2, -0.15) is 0 Å². The Labute approximate surface area is 112 Å². The van der Waals surface area contributed by atoms with Gasteiger partial charge in [0, 0.05) is 18.2 Å². The summed E-state index contributed by atoms with van der Waals surface area (Å²) in [7, 11) is 1.64. The number of hydrogen-bond acceptors (Lipinski definition) is 3. The van der Waals surface area contributed by atoms with Crippen molar-refractivity contribution in [2.75, 3.05) is 20.3 Å². The van der Waals surface area contributed by atoms with E-state index in [2.05, 4.69) is 0 Å². The van der Waals surface area contributed by atoms with Crippen LogP contribution >= 0.6 is 0 Å². The van der Waals surface area contributed by atoms with Gasteiger partial charge in [-0.3, -0.25) is 4.79 Å². The summed E-state index contributed by atoms with van der Waals surface area (Å²) < 4.78 is 10.7. The third-order valence-corrected chi connectivity index (χ3v) is 2.81. The Hall–Kier alpha value is -2.13. The van der Waals surface area contributed by atoms with Crippen molar-refractivity contribution in [2.24, 2.45) is 0 Å². The molecule has 3 heteroatoms.